The third-order valence-electron chi connectivity index (χ3n) is 2.21. The van der Waals surface area contributed by atoms with Gasteiger partial charge in [0.25, 0.3) is 0 Å². The Hall–Kier alpha value is -1.43. The van der Waals surface area contributed by atoms with Crippen LogP contribution in [0.25, 0.3) is 0 Å². The van der Waals surface area contributed by atoms with Crippen molar-refractivity contribution in [2.45, 2.75) is 6.17 Å². The second-order valence-electron chi connectivity index (χ2n) is 3.12. The molecular weight excluding hydrogens is 182 g/mol. The highest BCUT2D eigenvalue weighted by molar-refractivity contribution is 6.01. The van der Waals surface area contributed by atoms with E-state index >= 15 is 0 Å². The number of fused-ring (bicyclic) bond motifs is 1. The largest absolute Gasteiger partial charge is 0.312 e. The zero-order valence-electron chi connectivity index (χ0n) is 7.68. The van der Waals surface area contributed by atoms with Crippen molar-refractivity contribution in [3.63, 3.8) is 0 Å². The first-order valence-electron chi connectivity index (χ1n) is 4.23. The third kappa shape index (κ3) is 1.27. The van der Waals surface area contributed by atoms with Crippen molar-refractivity contribution in [3.8, 4) is 0 Å². The molecule has 3 N–H and O–H groups in total. The molecule has 0 saturated carbocycles. The van der Waals surface area contributed by atoms with Crippen molar-refractivity contribution in [2.24, 2.45) is 4.99 Å². The van der Waals surface area contributed by atoms with Gasteiger partial charge in [0, 0.05) is 18.2 Å². The molecule has 1 heterocycles. The number of rotatable bonds is 1. The molecule has 0 saturated heterocycles. The number of hydrogen-bond donors (Lipinski definition) is 3. The molecule has 5 heteroatoms. The quantitative estimate of drug-likeness (QED) is 0.575. The van der Waals surface area contributed by atoms with Crippen LogP contribution in [-0.2, 0) is 0 Å². The van der Waals surface area contributed by atoms with Gasteiger partial charge in [0.05, 0.1) is 0 Å². The van der Waals surface area contributed by atoms with Gasteiger partial charge in [-0.2, -0.15) is 5.06 Å². The average Bonchev–Trinajstić information content (AvgIpc) is 2.56. The summed E-state index contributed by atoms with van der Waals surface area (Å²) in [4.78, 5) is 4.11. The second kappa shape index (κ2) is 3.38. The van der Waals surface area contributed by atoms with Crippen molar-refractivity contribution in [3.05, 3.63) is 35.4 Å². The van der Waals surface area contributed by atoms with E-state index in [9.17, 15) is 5.21 Å². The van der Waals surface area contributed by atoms with Crippen LogP contribution in [-0.4, -0.2) is 28.4 Å². The summed E-state index contributed by atoms with van der Waals surface area (Å²) in [6, 6.07) is 7.41. The monoisotopic (exact) mass is 193 g/mol. The van der Waals surface area contributed by atoms with E-state index in [1.807, 2.05) is 29.7 Å². The predicted molar refractivity (Wildman–Crippen MR) is 50.2 cm³/mol. The standard InChI is InChI=1S/C9H11N3O2/c1-12(14)9-7-5-3-2-4-6(7)8(10-9)11-13/h2-5,9,13-14H,1H3,(H,10,11). The maximum Gasteiger partial charge on any atom is 0.154 e. The van der Waals surface area contributed by atoms with Gasteiger partial charge >= 0.3 is 0 Å². The number of benzene rings is 1. The molecule has 1 aromatic carbocycles. The van der Waals surface area contributed by atoms with E-state index in [-0.39, 0.29) is 0 Å². The summed E-state index contributed by atoms with van der Waals surface area (Å²) in [5, 5.41) is 19.2. The molecule has 0 spiro atoms. The van der Waals surface area contributed by atoms with Crippen molar-refractivity contribution in [1.82, 2.24) is 10.5 Å². The van der Waals surface area contributed by atoms with Gasteiger partial charge in [0.1, 0.15) is 0 Å². The Labute approximate surface area is 81.2 Å². The van der Waals surface area contributed by atoms with Crippen LogP contribution >= 0.6 is 0 Å². The van der Waals surface area contributed by atoms with Crippen LogP contribution in [0.4, 0.5) is 0 Å². The topological polar surface area (TPSA) is 68.1 Å². The molecule has 0 bridgehead atoms. The fraction of sp³-hybridized carbons (Fsp3) is 0.222. The lowest BCUT2D eigenvalue weighted by molar-refractivity contribution is -0.100. The molecule has 1 unspecified atom stereocenters. The van der Waals surface area contributed by atoms with Crippen LogP contribution in [0, 0.1) is 0 Å². The molecule has 1 aliphatic rings. The molecule has 1 atom stereocenters. The molecule has 14 heavy (non-hydrogen) atoms. The zero-order valence-corrected chi connectivity index (χ0v) is 7.68. The van der Waals surface area contributed by atoms with Gasteiger partial charge in [-0.3, -0.25) is 10.7 Å². The maximum absolute atomic E-state index is 9.33. The zero-order chi connectivity index (χ0) is 10.1. The van der Waals surface area contributed by atoms with Gasteiger partial charge in [0.2, 0.25) is 0 Å². The fourth-order valence-electron chi connectivity index (χ4n) is 1.57. The van der Waals surface area contributed by atoms with Gasteiger partial charge in [-0.25, -0.2) is 4.99 Å². The number of nitrogens with one attached hydrogen (secondary N) is 1. The summed E-state index contributed by atoms with van der Waals surface area (Å²) in [6.45, 7) is 0. The van der Waals surface area contributed by atoms with E-state index < -0.39 is 6.17 Å². The van der Waals surface area contributed by atoms with Gasteiger partial charge in [-0.1, -0.05) is 24.3 Å². The van der Waals surface area contributed by atoms with Crippen LogP contribution in [0.5, 0.6) is 0 Å². The molecule has 0 aliphatic carbocycles. The lowest BCUT2D eigenvalue weighted by Gasteiger charge is -2.14. The lowest BCUT2D eigenvalue weighted by Crippen LogP contribution is -2.18. The molecular formula is C9H11N3O2. The summed E-state index contributed by atoms with van der Waals surface area (Å²) >= 11 is 0. The van der Waals surface area contributed by atoms with Gasteiger partial charge in [-0.05, 0) is 0 Å². The number of nitrogens with zero attached hydrogens (tertiary/aromatic N) is 2. The Morgan fingerprint density at radius 1 is 1.43 bits per heavy atom. The van der Waals surface area contributed by atoms with Crippen LogP contribution in [0.3, 0.4) is 0 Å². The Balaban J connectivity index is 2.47. The Morgan fingerprint density at radius 3 is 2.79 bits per heavy atom. The number of hydrogen-bond acceptors (Lipinski definition) is 5. The van der Waals surface area contributed by atoms with E-state index in [1.165, 1.54) is 7.05 Å². The minimum Gasteiger partial charge on any atom is -0.312 e. The molecule has 74 valence electrons. The summed E-state index contributed by atoms with van der Waals surface area (Å²) < 4.78 is 0. The Kier molecular flexibility index (Phi) is 2.20. The molecule has 0 radical (unpaired) electrons. The molecule has 0 aromatic heterocycles. The van der Waals surface area contributed by atoms with E-state index in [1.54, 1.807) is 0 Å². The average molecular weight is 193 g/mol. The minimum absolute atomic E-state index is 0.381. The number of amidine groups is 1. The SMILES string of the molecule is CN(O)C1N=C(NO)c2ccccc21. The van der Waals surface area contributed by atoms with E-state index in [4.69, 9.17) is 5.21 Å². The molecule has 1 aliphatic heterocycles. The Morgan fingerprint density at radius 2 is 2.14 bits per heavy atom. The van der Waals surface area contributed by atoms with Crippen LogP contribution < -0.4 is 5.48 Å². The molecule has 0 fully saturated rings. The van der Waals surface area contributed by atoms with E-state index in [0.29, 0.717) is 5.84 Å². The van der Waals surface area contributed by atoms with Crippen LogP contribution in [0.2, 0.25) is 0 Å². The second-order valence-corrected chi connectivity index (χ2v) is 3.12. The lowest BCUT2D eigenvalue weighted by atomic mass is 10.1. The summed E-state index contributed by atoms with van der Waals surface area (Å²) in [5.41, 5.74) is 3.69. The normalized spacial score (nSPS) is 19.4. The van der Waals surface area contributed by atoms with Crippen LogP contribution in [0.15, 0.2) is 29.3 Å². The smallest absolute Gasteiger partial charge is 0.154 e. The first kappa shape index (κ1) is 9.14. The molecule has 1 aromatic rings. The highest BCUT2D eigenvalue weighted by atomic mass is 16.5. The van der Waals surface area contributed by atoms with Crippen molar-refractivity contribution < 1.29 is 10.4 Å². The first-order chi connectivity index (χ1) is 6.74. The highest BCUT2D eigenvalue weighted by Gasteiger charge is 2.26. The first-order valence-corrected chi connectivity index (χ1v) is 4.23. The van der Waals surface area contributed by atoms with Crippen molar-refractivity contribution in [2.75, 3.05) is 7.05 Å². The van der Waals surface area contributed by atoms with E-state index in [0.717, 1.165) is 16.2 Å². The minimum atomic E-state index is -0.444. The molecule has 0 amide bonds. The maximum atomic E-state index is 9.33. The fourth-order valence-corrected chi connectivity index (χ4v) is 1.57. The Bertz CT molecular complexity index is 376. The third-order valence-corrected chi connectivity index (χ3v) is 2.21. The summed E-state index contributed by atoms with van der Waals surface area (Å²) in [6.07, 6.45) is -0.444. The number of hydroxylamine groups is 3. The summed E-state index contributed by atoms with van der Waals surface area (Å²) in [7, 11) is 1.52. The van der Waals surface area contributed by atoms with Crippen molar-refractivity contribution >= 4 is 5.84 Å². The van der Waals surface area contributed by atoms with Crippen LogP contribution in [0.1, 0.15) is 17.3 Å². The van der Waals surface area contributed by atoms with Gasteiger partial charge in [0.15, 0.2) is 12.0 Å². The molecule has 2 rings (SSSR count). The van der Waals surface area contributed by atoms with Crippen molar-refractivity contribution in [1.29, 1.82) is 0 Å². The highest BCUT2D eigenvalue weighted by Crippen LogP contribution is 2.29. The van der Waals surface area contributed by atoms with Gasteiger partial charge in [-0.15, -0.1) is 0 Å². The number of aliphatic imine (C=N–C) groups is 1. The van der Waals surface area contributed by atoms with Gasteiger partial charge < -0.3 is 5.21 Å². The molecule has 5 nitrogen and oxygen atoms in total. The van der Waals surface area contributed by atoms with E-state index in [2.05, 4.69) is 4.99 Å². The summed E-state index contributed by atoms with van der Waals surface area (Å²) in [5.74, 6) is 0.381. The predicted octanol–water partition coefficient (Wildman–Crippen LogP) is 0.745.